The van der Waals surface area contributed by atoms with Crippen LogP contribution in [0.15, 0.2) is 28.7 Å². The lowest BCUT2D eigenvalue weighted by Gasteiger charge is -2.11. The summed E-state index contributed by atoms with van der Waals surface area (Å²) >= 11 is 3.54. The standard InChI is InChI=1S/C12H13BrN2O/c1-8-11(13)9-4-2-3-5-10(9)12(15-8)14-6-7-16/h2-5,16H,6-7H2,1H3,(H,14,15). The molecule has 0 atom stereocenters. The molecule has 0 bridgehead atoms. The van der Waals surface area contributed by atoms with E-state index in [0.717, 1.165) is 26.8 Å². The van der Waals surface area contributed by atoms with Gasteiger partial charge in [0.1, 0.15) is 5.82 Å². The summed E-state index contributed by atoms with van der Waals surface area (Å²) in [5.41, 5.74) is 0.944. The van der Waals surface area contributed by atoms with Crippen LogP contribution in [-0.2, 0) is 0 Å². The first-order chi connectivity index (χ1) is 7.74. The average molecular weight is 281 g/mol. The van der Waals surface area contributed by atoms with Gasteiger partial charge in [-0.05, 0) is 22.9 Å². The van der Waals surface area contributed by atoms with Crippen LogP contribution in [0.5, 0.6) is 0 Å². The zero-order valence-electron chi connectivity index (χ0n) is 9.00. The number of rotatable bonds is 3. The molecule has 2 aromatic rings. The average Bonchev–Trinajstić information content (AvgIpc) is 2.32. The Bertz CT molecular complexity index is 514. The van der Waals surface area contributed by atoms with Gasteiger partial charge in [0.15, 0.2) is 0 Å². The van der Waals surface area contributed by atoms with Crippen molar-refractivity contribution in [1.82, 2.24) is 4.98 Å². The van der Waals surface area contributed by atoms with Crippen LogP contribution >= 0.6 is 15.9 Å². The summed E-state index contributed by atoms with van der Waals surface area (Å²) < 4.78 is 1.03. The summed E-state index contributed by atoms with van der Waals surface area (Å²) in [4.78, 5) is 4.47. The number of nitrogens with zero attached hydrogens (tertiary/aromatic N) is 1. The molecule has 84 valence electrons. The fraction of sp³-hybridized carbons (Fsp3) is 0.250. The predicted molar refractivity (Wildman–Crippen MR) is 69.8 cm³/mol. The number of hydrogen-bond acceptors (Lipinski definition) is 3. The van der Waals surface area contributed by atoms with Crippen molar-refractivity contribution < 1.29 is 5.11 Å². The van der Waals surface area contributed by atoms with Crippen molar-refractivity contribution in [2.24, 2.45) is 0 Å². The molecule has 0 aliphatic carbocycles. The number of pyridine rings is 1. The van der Waals surface area contributed by atoms with Crippen LogP contribution in [0.1, 0.15) is 5.69 Å². The van der Waals surface area contributed by atoms with Gasteiger partial charge in [0.25, 0.3) is 0 Å². The highest BCUT2D eigenvalue weighted by Crippen LogP contribution is 2.30. The van der Waals surface area contributed by atoms with Crippen LogP contribution in [-0.4, -0.2) is 23.2 Å². The minimum absolute atomic E-state index is 0.102. The first kappa shape index (κ1) is 11.4. The summed E-state index contributed by atoms with van der Waals surface area (Å²) in [6, 6.07) is 8.06. The smallest absolute Gasteiger partial charge is 0.134 e. The molecule has 0 radical (unpaired) electrons. The molecule has 4 heteroatoms. The van der Waals surface area contributed by atoms with Crippen molar-refractivity contribution in [3.63, 3.8) is 0 Å². The van der Waals surface area contributed by atoms with Gasteiger partial charge < -0.3 is 10.4 Å². The van der Waals surface area contributed by atoms with E-state index in [4.69, 9.17) is 5.11 Å². The van der Waals surface area contributed by atoms with Crippen LogP contribution < -0.4 is 5.32 Å². The molecule has 16 heavy (non-hydrogen) atoms. The number of aryl methyl sites for hydroxylation is 1. The first-order valence-corrected chi connectivity index (χ1v) is 5.93. The number of aliphatic hydroxyl groups excluding tert-OH is 1. The van der Waals surface area contributed by atoms with Crippen LogP contribution in [0.25, 0.3) is 10.8 Å². The van der Waals surface area contributed by atoms with E-state index in [-0.39, 0.29) is 6.61 Å². The highest BCUT2D eigenvalue weighted by molar-refractivity contribution is 9.10. The molecular weight excluding hydrogens is 268 g/mol. The number of nitrogens with one attached hydrogen (secondary N) is 1. The summed E-state index contributed by atoms with van der Waals surface area (Å²) in [5.74, 6) is 0.824. The SMILES string of the molecule is Cc1nc(NCCO)c2ccccc2c1Br. The molecule has 0 amide bonds. The van der Waals surface area contributed by atoms with Gasteiger partial charge in [0.05, 0.1) is 12.3 Å². The van der Waals surface area contributed by atoms with E-state index in [2.05, 4.69) is 32.3 Å². The third-order valence-corrected chi connectivity index (χ3v) is 3.42. The van der Waals surface area contributed by atoms with E-state index < -0.39 is 0 Å². The third kappa shape index (κ3) is 2.03. The lowest BCUT2D eigenvalue weighted by Crippen LogP contribution is -2.08. The zero-order valence-corrected chi connectivity index (χ0v) is 10.6. The fourth-order valence-electron chi connectivity index (χ4n) is 1.66. The van der Waals surface area contributed by atoms with Crippen molar-refractivity contribution >= 4 is 32.5 Å². The van der Waals surface area contributed by atoms with E-state index in [1.807, 2.05) is 25.1 Å². The Morgan fingerprint density at radius 2 is 2.00 bits per heavy atom. The normalized spacial score (nSPS) is 10.7. The first-order valence-electron chi connectivity index (χ1n) is 5.13. The Kier molecular flexibility index (Phi) is 3.41. The number of benzene rings is 1. The van der Waals surface area contributed by atoms with E-state index in [1.54, 1.807) is 0 Å². The lowest BCUT2D eigenvalue weighted by molar-refractivity contribution is 0.311. The van der Waals surface area contributed by atoms with Crippen molar-refractivity contribution in [3.05, 3.63) is 34.4 Å². The van der Waals surface area contributed by atoms with Gasteiger partial charge >= 0.3 is 0 Å². The topological polar surface area (TPSA) is 45.2 Å². The third-order valence-electron chi connectivity index (χ3n) is 2.42. The van der Waals surface area contributed by atoms with Crippen molar-refractivity contribution in [2.75, 3.05) is 18.5 Å². The van der Waals surface area contributed by atoms with Gasteiger partial charge in [0, 0.05) is 21.8 Å². The van der Waals surface area contributed by atoms with Gasteiger partial charge in [-0.2, -0.15) is 0 Å². The molecule has 2 N–H and O–H groups in total. The molecule has 1 heterocycles. The number of hydrogen-bond donors (Lipinski definition) is 2. The second-order valence-corrected chi connectivity index (χ2v) is 4.35. The summed E-state index contributed by atoms with van der Waals surface area (Å²) in [6.45, 7) is 2.57. The minimum atomic E-state index is 0.102. The Hall–Kier alpha value is -1.13. The number of aromatic nitrogens is 1. The number of anilines is 1. The largest absolute Gasteiger partial charge is 0.395 e. The van der Waals surface area contributed by atoms with Gasteiger partial charge in [0.2, 0.25) is 0 Å². The number of halogens is 1. The molecule has 1 aromatic heterocycles. The molecule has 0 unspecified atom stereocenters. The molecule has 0 aliphatic rings. The van der Waals surface area contributed by atoms with Gasteiger partial charge in [-0.15, -0.1) is 0 Å². The maximum absolute atomic E-state index is 8.82. The van der Waals surface area contributed by atoms with E-state index in [0.29, 0.717) is 6.54 Å². The summed E-state index contributed by atoms with van der Waals surface area (Å²) in [5, 5.41) is 14.1. The van der Waals surface area contributed by atoms with Crippen LogP contribution in [0.4, 0.5) is 5.82 Å². The Morgan fingerprint density at radius 3 is 2.69 bits per heavy atom. The molecule has 2 rings (SSSR count). The Balaban J connectivity index is 2.60. The monoisotopic (exact) mass is 280 g/mol. The molecule has 1 aromatic carbocycles. The molecule has 0 aliphatic heterocycles. The maximum atomic E-state index is 8.82. The summed E-state index contributed by atoms with van der Waals surface area (Å²) in [6.07, 6.45) is 0. The van der Waals surface area contributed by atoms with E-state index in [1.165, 1.54) is 0 Å². The molecule has 0 saturated heterocycles. The lowest BCUT2D eigenvalue weighted by atomic mass is 10.1. The fourth-order valence-corrected chi connectivity index (χ4v) is 2.10. The Morgan fingerprint density at radius 1 is 1.31 bits per heavy atom. The number of aliphatic hydroxyl groups is 1. The minimum Gasteiger partial charge on any atom is -0.395 e. The highest BCUT2D eigenvalue weighted by atomic mass is 79.9. The number of fused-ring (bicyclic) bond motifs is 1. The van der Waals surface area contributed by atoms with Crippen LogP contribution in [0.3, 0.4) is 0 Å². The second kappa shape index (κ2) is 4.80. The van der Waals surface area contributed by atoms with E-state index >= 15 is 0 Å². The maximum Gasteiger partial charge on any atom is 0.134 e. The molecule has 0 fully saturated rings. The Labute approximate surface area is 103 Å². The molecule has 3 nitrogen and oxygen atoms in total. The van der Waals surface area contributed by atoms with Crippen molar-refractivity contribution in [1.29, 1.82) is 0 Å². The van der Waals surface area contributed by atoms with Gasteiger partial charge in [-0.3, -0.25) is 0 Å². The quantitative estimate of drug-likeness (QED) is 0.909. The molecule has 0 saturated carbocycles. The van der Waals surface area contributed by atoms with Crippen LogP contribution in [0.2, 0.25) is 0 Å². The predicted octanol–water partition coefficient (Wildman–Crippen LogP) is 2.71. The molecule has 0 spiro atoms. The van der Waals surface area contributed by atoms with Crippen molar-refractivity contribution in [3.8, 4) is 0 Å². The van der Waals surface area contributed by atoms with E-state index in [9.17, 15) is 0 Å². The summed E-state index contributed by atoms with van der Waals surface area (Å²) in [7, 11) is 0. The van der Waals surface area contributed by atoms with Crippen LogP contribution in [0, 0.1) is 6.92 Å². The molecular formula is C12H13BrN2O. The van der Waals surface area contributed by atoms with Crippen molar-refractivity contribution in [2.45, 2.75) is 6.92 Å². The zero-order chi connectivity index (χ0) is 11.5. The second-order valence-electron chi connectivity index (χ2n) is 3.56. The van der Waals surface area contributed by atoms with Gasteiger partial charge in [-0.25, -0.2) is 4.98 Å². The highest BCUT2D eigenvalue weighted by Gasteiger charge is 2.08. The van der Waals surface area contributed by atoms with Gasteiger partial charge in [-0.1, -0.05) is 24.3 Å².